The average Bonchev–Trinajstić information content (AvgIpc) is 2.73. The molecule has 0 atom stereocenters. The SMILES string of the molecule is CC(C)(C)c1cc(-c2c[nH]c(=S)[nH]2)cc(C(C)(C)C)c1O. The van der Waals surface area contributed by atoms with Crippen molar-refractivity contribution in [1.82, 2.24) is 9.97 Å². The minimum Gasteiger partial charge on any atom is -0.507 e. The fraction of sp³-hybridized carbons (Fsp3) is 0.471. The summed E-state index contributed by atoms with van der Waals surface area (Å²) in [7, 11) is 0. The van der Waals surface area contributed by atoms with Crippen molar-refractivity contribution < 1.29 is 5.11 Å². The van der Waals surface area contributed by atoms with Gasteiger partial charge in [0.05, 0.1) is 5.69 Å². The minimum atomic E-state index is -0.132. The molecule has 0 radical (unpaired) electrons. The number of phenolic OH excluding ortho intramolecular Hbond substituents is 1. The molecule has 4 heteroatoms. The predicted molar refractivity (Wildman–Crippen MR) is 90.5 cm³/mol. The fourth-order valence-corrected chi connectivity index (χ4v) is 2.59. The van der Waals surface area contributed by atoms with Crippen molar-refractivity contribution >= 4 is 12.2 Å². The van der Waals surface area contributed by atoms with Gasteiger partial charge >= 0.3 is 0 Å². The van der Waals surface area contributed by atoms with Gasteiger partial charge < -0.3 is 15.1 Å². The molecule has 1 aromatic heterocycles. The van der Waals surface area contributed by atoms with E-state index < -0.39 is 0 Å². The third-order valence-corrected chi connectivity index (χ3v) is 3.85. The van der Waals surface area contributed by atoms with Crippen LogP contribution in [-0.2, 0) is 10.8 Å². The third kappa shape index (κ3) is 3.21. The summed E-state index contributed by atoms with van der Waals surface area (Å²) < 4.78 is 0.604. The lowest BCUT2D eigenvalue weighted by atomic mass is 9.78. The predicted octanol–water partition coefficient (Wildman–Crippen LogP) is 5.04. The van der Waals surface area contributed by atoms with E-state index >= 15 is 0 Å². The molecule has 3 N–H and O–H groups in total. The highest BCUT2D eigenvalue weighted by atomic mass is 32.1. The Hall–Kier alpha value is -1.55. The van der Waals surface area contributed by atoms with Crippen LogP contribution in [0.25, 0.3) is 11.3 Å². The van der Waals surface area contributed by atoms with E-state index in [0.717, 1.165) is 22.4 Å². The lowest BCUT2D eigenvalue weighted by Gasteiger charge is -2.28. The van der Waals surface area contributed by atoms with Crippen molar-refractivity contribution in [3.05, 3.63) is 34.2 Å². The second kappa shape index (κ2) is 5.02. The van der Waals surface area contributed by atoms with E-state index in [1.54, 1.807) is 0 Å². The molecule has 1 aromatic carbocycles. The summed E-state index contributed by atoms with van der Waals surface area (Å²) in [5, 5.41) is 10.7. The van der Waals surface area contributed by atoms with E-state index in [9.17, 15) is 5.11 Å². The van der Waals surface area contributed by atoms with E-state index in [4.69, 9.17) is 12.2 Å². The number of imidazole rings is 1. The Morgan fingerprint density at radius 3 is 1.76 bits per heavy atom. The Morgan fingerprint density at radius 2 is 1.43 bits per heavy atom. The molecule has 0 aliphatic carbocycles. The van der Waals surface area contributed by atoms with Crippen molar-refractivity contribution in [2.45, 2.75) is 52.4 Å². The van der Waals surface area contributed by atoms with Crippen molar-refractivity contribution in [3.8, 4) is 17.0 Å². The molecule has 2 aromatic rings. The van der Waals surface area contributed by atoms with Gasteiger partial charge in [0.15, 0.2) is 4.77 Å². The highest BCUT2D eigenvalue weighted by Crippen LogP contribution is 2.41. The zero-order chi connectivity index (χ0) is 16.0. The molecule has 0 aliphatic heterocycles. The van der Waals surface area contributed by atoms with Crippen LogP contribution in [0.5, 0.6) is 5.75 Å². The maximum Gasteiger partial charge on any atom is 0.174 e. The molecule has 0 spiro atoms. The molecule has 0 bridgehead atoms. The van der Waals surface area contributed by atoms with Gasteiger partial charge in [-0.1, -0.05) is 41.5 Å². The Labute approximate surface area is 131 Å². The van der Waals surface area contributed by atoms with Crippen molar-refractivity contribution in [2.75, 3.05) is 0 Å². The van der Waals surface area contributed by atoms with Gasteiger partial charge in [-0.3, -0.25) is 0 Å². The number of aromatic amines is 2. The average molecular weight is 304 g/mol. The highest BCUT2D eigenvalue weighted by molar-refractivity contribution is 7.71. The largest absolute Gasteiger partial charge is 0.507 e. The maximum atomic E-state index is 10.7. The summed E-state index contributed by atoms with van der Waals surface area (Å²) >= 11 is 5.11. The number of H-pyrrole nitrogens is 2. The number of phenols is 1. The van der Waals surface area contributed by atoms with Crippen molar-refractivity contribution in [2.24, 2.45) is 0 Å². The van der Waals surface area contributed by atoms with Gasteiger partial charge in [-0.05, 0) is 35.2 Å². The zero-order valence-electron chi connectivity index (χ0n) is 13.6. The molecule has 3 nitrogen and oxygen atoms in total. The number of hydrogen-bond donors (Lipinski definition) is 3. The van der Waals surface area contributed by atoms with E-state index in [1.807, 2.05) is 18.3 Å². The van der Waals surface area contributed by atoms with Crippen LogP contribution in [0.3, 0.4) is 0 Å². The van der Waals surface area contributed by atoms with Crippen molar-refractivity contribution in [1.29, 1.82) is 0 Å². The van der Waals surface area contributed by atoms with Gasteiger partial charge in [-0.15, -0.1) is 0 Å². The monoisotopic (exact) mass is 304 g/mol. The van der Waals surface area contributed by atoms with Crippen LogP contribution in [0.4, 0.5) is 0 Å². The summed E-state index contributed by atoms with van der Waals surface area (Å²) in [4.78, 5) is 6.14. The number of aromatic hydroxyl groups is 1. The molecule has 114 valence electrons. The van der Waals surface area contributed by atoms with E-state index in [2.05, 4.69) is 51.5 Å². The Balaban J connectivity index is 2.77. The van der Waals surface area contributed by atoms with Gasteiger partial charge in [-0.2, -0.15) is 0 Å². The normalized spacial score (nSPS) is 12.7. The third-order valence-electron chi connectivity index (χ3n) is 3.63. The van der Waals surface area contributed by atoms with E-state index in [0.29, 0.717) is 10.5 Å². The minimum absolute atomic E-state index is 0.132. The first kappa shape index (κ1) is 15.8. The van der Waals surface area contributed by atoms with Gasteiger partial charge in [0, 0.05) is 22.9 Å². The molecule has 0 amide bonds. The Morgan fingerprint density at radius 1 is 0.952 bits per heavy atom. The molecule has 0 saturated carbocycles. The Bertz CT molecular complexity index is 676. The standard InChI is InChI=1S/C17H24N2OS/c1-16(2,3)11-7-10(13-9-18-15(21)19-13)8-12(14(11)20)17(4,5)6/h7-9,20H,1-6H3,(H2,18,19,21). The second-order valence-corrected chi connectivity index (χ2v) is 7.98. The number of nitrogens with one attached hydrogen (secondary N) is 2. The van der Waals surface area contributed by atoms with Crippen LogP contribution in [0, 0.1) is 4.77 Å². The smallest absolute Gasteiger partial charge is 0.174 e. The first-order valence-electron chi connectivity index (χ1n) is 7.16. The van der Waals surface area contributed by atoms with Crippen LogP contribution in [0.15, 0.2) is 18.3 Å². The molecule has 0 fully saturated rings. The second-order valence-electron chi connectivity index (χ2n) is 7.58. The first-order chi connectivity index (χ1) is 9.50. The number of hydrogen-bond acceptors (Lipinski definition) is 2. The quantitative estimate of drug-likeness (QED) is 0.646. The van der Waals surface area contributed by atoms with Crippen LogP contribution in [0.1, 0.15) is 52.7 Å². The summed E-state index contributed by atoms with van der Waals surface area (Å²) in [6, 6.07) is 4.08. The van der Waals surface area contributed by atoms with Gasteiger partial charge in [0.25, 0.3) is 0 Å². The molecule has 2 rings (SSSR count). The highest BCUT2D eigenvalue weighted by Gasteiger charge is 2.26. The molecule has 0 unspecified atom stereocenters. The van der Waals surface area contributed by atoms with Gasteiger partial charge in [-0.25, -0.2) is 0 Å². The molecular formula is C17H24N2OS. The maximum absolute atomic E-state index is 10.7. The zero-order valence-corrected chi connectivity index (χ0v) is 14.4. The lowest BCUT2D eigenvalue weighted by molar-refractivity contribution is 0.423. The molecule has 0 aliphatic rings. The summed E-state index contributed by atoms with van der Waals surface area (Å²) in [5.41, 5.74) is 3.61. The lowest BCUT2D eigenvalue weighted by Crippen LogP contribution is -2.17. The topological polar surface area (TPSA) is 51.8 Å². The van der Waals surface area contributed by atoms with Crippen LogP contribution >= 0.6 is 12.2 Å². The van der Waals surface area contributed by atoms with Crippen molar-refractivity contribution in [3.63, 3.8) is 0 Å². The summed E-state index contributed by atoms with van der Waals surface area (Å²) in [5.74, 6) is 0.396. The molecular weight excluding hydrogens is 280 g/mol. The summed E-state index contributed by atoms with van der Waals surface area (Å²) in [6.07, 6.45) is 1.87. The van der Waals surface area contributed by atoms with Crippen LogP contribution in [0.2, 0.25) is 0 Å². The molecule has 0 saturated heterocycles. The van der Waals surface area contributed by atoms with E-state index in [1.165, 1.54) is 0 Å². The number of benzene rings is 1. The van der Waals surface area contributed by atoms with E-state index in [-0.39, 0.29) is 10.8 Å². The van der Waals surface area contributed by atoms with Crippen LogP contribution < -0.4 is 0 Å². The van der Waals surface area contributed by atoms with Gasteiger partial charge in [0.1, 0.15) is 5.75 Å². The summed E-state index contributed by atoms with van der Waals surface area (Å²) in [6.45, 7) is 12.7. The fourth-order valence-electron chi connectivity index (χ4n) is 2.42. The molecule has 21 heavy (non-hydrogen) atoms. The molecule has 1 heterocycles. The number of rotatable bonds is 1. The Kier molecular flexibility index (Phi) is 3.79. The van der Waals surface area contributed by atoms with Crippen LogP contribution in [-0.4, -0.2) is 15.1 Å². The number of aromatic nitrogens is 2. The first-order valence-corrected chi connectivity index (χ1v) is 7.57. The van der Waals surface area contributed by atoms with Gasteiger partial charge in [0.2, 0.25) is 0 Å².